The normalized spacial score (nSPS) is 17.5. The number of carbonyl (C=O) groups is 1. The van der Waals surface area contributed by atoms with Crippen LogP contribution in [0.3, 0.4) is 0 Å². The molecule has 4 heteroatoms. The molecule has 118 valence electrons. The minimum absolute atomic E-state index is 0.0997. The van der Waals surface area contributed by atoms with Gasteiger partial charge in [-0.15, -0.1) is 11.8 Å². The minimum Gasteiger partial charge on any atom is -0.299 e. The predicted molar refractivity (Wildman–Crippen MR) is 92.6 cm³/mol. The lowest BCUT2D eigenvalue weighted by Crippen LogP contribution is -2.09. The van der Waals surface area contributed by atoms with Gasteiger partial charge in [-0.3, -0.25) is 9.48 Å². The quantitative estimate of drug-likeness (QED) is 0.795. The standard InChI is InChI=1S/C14H20N2OS.C3H8/c1-5-16-12(8-11(15-16)9(2)3)14-7-6-13(18-14)10(4)17;1-3-2/h7-9,13H,5-6H2,1-4H3;3H2,1-2H3. The summed E-state index contributed by atoms with van der Waals surface area (Å²) in [7, 11) is 0. The SMILES string of the molecule is CCC.CCn1nc(C(C)C)cc1C1=CCC(C(C)=O)S1. The number of thioether (sulfide) groups is 1. The van der Waals surface area contributed by atoms with E-state index < -0.39 is 0 Å². The van der Waals surface area contributed by atoms with Crippen molar-refractivity contribution in [1.29, 1.82) is 0 Å². The van der Waals surface area contributed by atoms with E-state index >= 15 is 0 Å². The molecule has 1 aromatic rings. The number of hydrogen-bond acceptors (Lipinski definition) is 3. The molecule has 0 aromatic carbocycles. The van der Waals surface area contributed by atoms with Gasteiger partial charge in [0.2, 0.25) is 0 Å². The maximum absolute atomic E-state index is 11.4. The van der Waals surface area contributed by atoms with E-state index in [9.17, 15) is 4.79 Å². The summed E-state index contributed by atoms with van der Waals surface area (Å²) in [5, 5.41) is 4.72. The molecule has 1 aromatic heterocycles. The summed E-state index contributed by atoms with van der Waals surface area (Å²) in [5.74, 6) is 0.699. The zero-order chi connectivity index (χ0) is 16.0. The molecule has 0 saturated heterocycles. The molecule has 0 amide bonds. The number of aryl methyl sites for hydroxylation is 1. The monoisotopic (exact) mass is 308 g/mol. The molecule has 1 atom stereocenters. The average Bonchev–Trinajstić information content (AvgIpc) is 3.06. The van der Waals surface area contributed by atoms with Gasteiger partial charge in [-0.25, -0.2) is 0 Å². The number of hydrogen-bond donors (Lipinski definition) is 0. The highest BCUT2D eigenvalue weighted by molar-refractivity contribution is 8.09. The van der Waals surface area contributed by atoms with Gasteiger partial charge in [-0.2, -0.15) is 5.10 Å². The lowest BCUT2D eigenvalue weighted by Gasteiger charge is -2.07. The molecule has 1 aliphatic heterocycles. The first-order valence-electron chi connectivity index (χ1n) is 7.89. The first kappa shape index (κ1) is 18.0. The number of carbonyl (C=O) groups excluding carboxylic acids is 1. The fourth-order valence-corrected chi connectivity index (χ4v) is 3.18. The number of Topliss-reactive ketones (excluding diaryl/α,β-unsaturated/α-hetero) is 1. The summed E-state index contributed by atoms with van der Waals surface area (Å²) in [6.07, 6.45) is 4.27. The third-order valence-electron chi connectivity index (χ3n) is 3.18. The Hall–Kier alpha value is -1.03. The first-order chi connectivity index (χ1) is 9.94. The molecule has 3 nitrogen and oxygen atoms in total. The summed E-state index contributed by atoms with van der Waals surface area (Å²) in [6, 6.07) is 2.16. The van der Waals surface area contributed by atoms with E-state index in [1.54, 1.807) is 18.7 Å². The topological polar surface area (TPSA) is 34.9 Å². The maximum Gasteiger partial charge on any atom is 0.143 e. The Morgan fingerprint density at radius 2 is 2.05 bits per heavy atom. The number of nitrogens with zero attached hydrogens (tertiary/aromatic N) is 2. The summed E-state index contributed by atoms with van der Waals surface area (Å²) in [4.78, 5) is 12.6. The van der Waals surface area contributed by atoms with Crippen LogP contribution in [0.1, 0.15) is 71.7 Å². The molecule has 21 heavy (non-hydrogen) atoms. The second-order valence-electron chi connectivity index (χ2n) is 5.65. The Morgan fingerprint density at radius 1 is 1.43 bits per heavy atom. The summed E-state index contributed by atoms with van der Waals surface area (Å²) in [6.45, 7) is 13.2. The number of ketones is 1. The largest absolute Gasteiger partial charge is 0.299 e. The smallest absolute Gasteiger partial charge is 0.143 e. The Balaban J connectivity index is 0.000000677. The van der Waals surface area contributed by atoms with Gasteiger partial charge in [0.15, 0.2) is 0 Å². The van der Waals surface area contributed by atoms with Gasteiger partial charge in [0.1, 0.15) is 5.78 Å². The lowest BCUT2D eigenvalue weighted by molar-refractivity contribution is -0.116. The van der Waals surface area contributed by atoms with Crippen LogP contribution in [-0.4, -0.2) is 20.8 Å². The van der Waals surface area contributed by atoms with Crippen molar-refractivity contribution in [3.63, 3.8) is 0 Å². The molecule has 2 rings (SSSR count). The van der Waals surface area contributed by atoms with Gasteiger partial charge < -0.3 is 0 Å². The van der Waals surface area contributed by atoms with Gasteiger partial charge in [-0.1, -0.05) is 40.2 Å². The first-order valence-corrected chi connectivity index (χ1v) is 8.77. The van der Waals surface area contributed by atoms with Crippen molar-refractivity contribution in [3.05, 3.63) is 23.5 Å². The van der Waals surface area contributed by atoms with Crippen LogP contribution < -0.4 is 0 Å². The van der Waals surface area contributed by atoms with Gasteiger partial charge in [0.05, 0.1) is 16.6 Å². The highest BCUT2D eigenvalue weighted by atomic mass is 32.2. The molecule has 0 fully saturated rings. The Bertz CT molecular complexity index is 503. The van der Waals surface area contributed by atoms with Crippen molar-refractivity contribution in [2.45, 2.75) is 72.1 Å². The maximum atomic E-state index is 11.4. The number of rotatable bonds is 4. The molecule has 0 bridgehead atoms. The molecule has 0 radical (unpaired) electrons. The minimum atomic E-state index is 0.0997. The van der Waals surface area contributed by atoms with E-state index in [0.29, 0.717) is 5.92 Å². The van der Waals surface area contributed by atoms with Gasteiger partial charge in [0.25, 0.3) is 0 Å². The van der Waals surface area contributed by atoms with Crippen LogP contribution in [0.5, 0.6) is 0 Å². The van der Waals surface area contributed by atoms with E-state index in [-0.39, 0.29) is 11.0 Å². The molecule has 1 unspecified atom stereocenters. The molecule has 0 N–H and O–H groups in total. The predicted octanol–water partition coefficient (Wildman–Crippen LogP) is 4.88. The molecule has 2 heterocycles. The van der Waals surface area contributed by atoms with Crippen molar-refractivity contribution in [2.24, 2.45) is 0 Å². The van der Waals surface area contributed by atoms with Crippen LogP contribution in [0.15, 0.2) is 12.1 Å². The van der Waals surface area contributed by atoms with E-state index in [4.69, 9.17) is 0 Å². The molecular formula is C17H28N2OS. The molecule has 1 aliphatic rings. The second-order valence-corrected chi connectivity index (χ2v) is 6.90. The van der Waals surface area contributed by atoms with Crippen molar-refractivity contribution >= 4 is 22.5 Å². The van der Waals surface area contributed by atoms with Crippen LogP contribution >= 0.6 is 11.8 Å². The highest BCUT2D eigenvalue weighted by Crippen LogP contribution is 2.40. The van der Waals surface area contributed by atoms with Crippen molar-refractivity contribution < 1.29 is 4.79 Å². The number of allylic oxidation sites excluding steroid dienone is 1. The zero-order valence-corrected chi connectivity index (χ0v) is 15.0. The van der Waals surface area contributed by atoms with E-state index in [2.05, 4.69) is 51.9 Å². The van der Waals surface area contributed by atoms with Crippen LogP contribution in [0.4, 0.5) is 0 Å². The van der Waals surface area contributed by atoms with E-state index in [0.717, 1.165) is 24.4 Å². The molecule has 0 aliphatic carbocycles. The Labute approximate surface area is 133 Å². The second kappa shape index (κ2) is 8.42. The van der Waals surface area contributed by atoms with Gasteiger partial charge >= 0.3 is 0 Å². The van der Waals surface area contributed by atoms with E-state index in [1.807, 2.05) is 4.68 Å². The van der Waals surface area contributed by atoms with Crippen LogP contribution in [-0.2, 0) is 11.3 Å². The van der Waals surface area contributed by atoms with Crippen LogP contribution in [0.25, 0.3) is 4.91 Å². The molecule has 0 saturated carbocycles. The van der Waals surface area contributed by atoms with Gasteiger partial charge in [-0.05, 0) is 32.3 Å². The Morgan fingerprint density at radius 3 is 2.48 bits per heavy atom. The average molecular weight is 308 g/mol. The lowest BCUT2D eigenvalue weighted by atomic mass is 10.1. The van der Waals surface area contributed by atoms with Crippen molar-refractivity contribution in [3.8, 4) is 0 Å². The fraction of sp³-hybridized carbons (Fsp3) is 0.647. The molecular weight excluding hydrogens is 280 g/mol. The number of aromatic nitrogens is 2. The molecule has 0 spiro atoms. The van der Waals surface area contributed by atoms with Crippen LogP contribution in [0, 0.1) is 0 Å². The summed E-state index contributed by atoms with van der Waals surface area (Å²) in [5.41, 5.74) is 2.29. The summed E-state index contributed by atoms with van der Waals surface area (Å²) >= 11 is 1.68. The van der Waals surface area contributed by atoms with E-state index in [1.165, 1.54) is 11.3 Å². The third-order valence-corrected chi connectivity index (χ3v) is 4.62. The third kappa shape index (κ3) is 4.73. The fourth-order valence-electron chi connectivity index (χ4n) is 2.04. The zero-order valence-electron chi connectivity index (χ0n) is 14.1. The van der Waals surface area contributed by atoms with Crippen LogP contribution in [0.2, 0.25) is 0 Å². The Kier molecular flexibility index (Phi) is 7.23. The van der Waals surface area contributed by atoms with Crippen molar-refractivity contribution in [1.82, 2.24) is 9.78 Å². The highest BCUT2D eigenvalue weighted by Gasteiger charge is 2.25. The van der Waals surface area contributed by atoms with Crippen molar-refractivity contribution in [2.75, 3.05) is 0 Å². The van der Waals surface area contributed by atoms with Gasteiger partial charge in [0, 0.05) is 11.4 Å². The summed E-state index contributed by atoms with van der Waals surface area (Å²) < 4.78 is 2.04.